The summed E-state index contributed by atoms with van der Waals surface area (Å²) >= 11 is 1.58. The van der Waals surface area contributed by atoms with Crippen LogP contribution in [0, 0.1) is 12.3 Å². The summed E-state index contributed by atoms with van der Waals surface area (Å²) in [6.07, 6.45) is -0.718. The zero-order valence-corrected chi connectivity index (χ0v) is 29.5. The van der Waals surface area contributed by atoms with Crippen LogP contribution in [0.15, 0.2) is 29.8 Å². The van der Waals surface area contributed by atoms with Gasteiger partial charge in [-0.1, -0.05) is 45.0 Å². The van der Waals surface area contributed by atoms with Gasteiger partial charge in [-0.15, -0.1) is 11.3 Å². The van der Waals surface area contributed by atoms with Crippen LogP contribution >= 0.6 is 11.3 Å². The molecule has 4 rings (SSSR count). The van der Waals surface area contributed by atoms with Crippen molar-refractivity contribution < 1.29 is 29.0 Å². The van der Waals surface area contributed by atoms with Crippen LogP contribution in [0.4, 0.5) is 0 Å². The number of amides is 3. The van der Waals surface area contributed by atoms with Crippen LogP contribution in [0.3, 0.4) is 0 Å². The minimum atomic E-state index is -0.896. The molecule has 2 aliphatic rings. The molecule has 3 atom stereocenters. The molecule has 12 nitrogen and oxygen atoms in total. The predicted molar refractivity (Wildman–Crippen MR) is 180 cm³/mol. The molecular weight excluding hydrogens is 620 g/mol. The Morgan fingerprint density at radius 1 is 1.00 bits per heavy atom. The third kappa shape index (κ3) is 10.3. The van der Waals surface area contributed by atoms with Crippen LogP contribution in [-0.4, -0.2) is 118 Å². The maximum Gasteiger partial charge on any atom is 0.320 e. The first kappa shape index (κ1) is 36.4. The molecule has 2 fully saturated rings. The Morgan fingerprint density at radius 2 is 1.62 bits per heavy atom. The largest absolute Gasteiger partial charge is 0.459 e. The number of hydrogen-bond acceptors (Lipinski definition) is 10. The fourth-order valence-corrected chi connectivity index (χ4v) is 6.66. The molecule has 3 N–H and O–H groups in total. The first-order valence-electron chi connectivity index (χ1n) is 16.2. The lowest BCUT2D eigenvalue weighted by Gasteiger charge is -2.37. The van der Waals surface area contributed by atoms with Crippen molar-refractivity contribution in [3.63, 3.8) is 0 Å². The topological polar surface area (TPSA) is 144 Å². The van der Waals surface area contributed by atoms with Gasteiger partial charge in [0.1, 0.15) is 17.7 Å². The lowest BCUT2D eigenvalue weighted by atomic mass is 9.85. The SMILES string of the molecule is Cc1ncsc1-c1ccc(CNC(=O)[C@@H]2C[C@@H](O)CN2C(=O)[C@@H](NC(=O)CN2CCN(CC(=O)OC(C)(C)C)CC2)C(C)(C)C)cc1. The van der Waals surface area contributed by atoms with E-state index in [0.29, 0.717) is 26.2 Å². The van der Waals surface area contributed by atoms with E-state index in [9.17, 15) is 24.3 Å². The minimum Gasteiger partial charge on any atom is -0.459 e. The highest BCUT2D eigenvalue weighted by molar-refractivity contribution is 7.13. The highest BCUT2D eigenvalue weighted by Crippen LogP contribution is 2.28. The maximum atomic E-state index is 13.9. The Hall–Kier alpha value is -3.39. The molecule has 258 valence electrons. The summed E-state index contributed by atoms with van der Waals surface area (Å²) in [5.41, 5.74) is 3.57. The summed E-state index contributed by atoms with van der Waals surface area (Å²) in [7, 11) is 0. The Labute approximate surface area is 281 Å². The number of benzene rings is 1. The van der Waals surface area contributed by atoms with E-state index in [-0.39, 0.29) is 50.4 Å². The van der Waals surface area contributed by atoms with Crippen LogP contribution < -0.4 is 10.6 Å². The number of esters is 1. The molecule has 0 saturated carbocycles. The van der Waals surface area contributed by atoms with Crippen molar-refractivity contribution in [3.05, 3.63) is 41.0 Å². The fourth-order valence-electron chi connectivity index (χ4n) is 5.85. The number of piperazine rings is 1. The summed E-state index contributed by atoms with van der Waals surface area (Å²) in [4.78, 5) is 63.5. The van der Waals surface area contributed by atoms with Gasteiger partial charge in [-0.25, -0.2) is 4.98 Å². The summed E-state index contributed by atoms with van der Waals surface area (Å²) in [5, 5.41) is 16.4. The van der Waals surface area contributed by atoms with Gasteiger partial charge in [-0.3, -0.25) is 29.0 Å². The summed E-state index contributed by atoms with van der Waals surface area (Å²) in [6, 6.07) is 6.15. The van der Waals surface area contributed by atoms with E-state index in [2.05, 4.69) is 15.6 Å². The monoisotopic (exact) mass is 670 g/mol. The van der Waals surface area contributed by atoms with Gasteiger partial charge >= 0.3 is 5.97 Å². The summed E-state index contributed by atoms with van der Waals surface area (Å²) < 4.78 is 5.42. The number of carbonyl (C=O) groups excluding carboxylic acids is 4. The zero-order valence-electron chi connectivity index (χ0n) is 28.7. The van der Waals surface area contributed by atoms with E-state index in [1.165, 1.54) is 4.90 Å². The van der Waals surface area contributed by atoms with Crippen molar-refractivity contribution in [2.24, 2.45) is 5.41 Å². The van der Waals surface area contributed by atoms with Gasteiger partial charge in [0.15, 0.2) is 0 Å². The van der Waals surface area contributed by atoms with Gasteiger partial charge in [-0.2, -0.15) is 0 Å². The normalized spacial score (nSPS) is 20.1. The number of thiazole rings is 1. The van der Waals surface area contributed by atoms with Crippen LogP contribution in [0.2, 0.25) is 0 Å². The Kier molecular flexibility index (Phi) is 11.8. The molecule has 0 spiro atoms. The Balaban J connectivity index is 1.31. The second-order valence-corrected chi connectivity index (χ2v) is 15.4. The van der Waals surface area contributed by atoms with Gasteiger partial charge in [-0.05, 0) is 44.2 Å². The van der Waals surface area contributed by atoms with E-state index in [1.54, 1.807) is 11.3 Å². The predicted octanol–water partition coefficient (Wildman–Crippen LogP) is 2.19. The summed E-state index contributed by atoms with van der Waals surface area (Å²) in [6.45, 7) is 16.1. The average molecular weight is 671 g/mol. The first-order chi connectivity index (χ1) is 22.0. The molecule has 2 aromatic rings. The molecule has 0 bridgehead atoms. The van der Waals surface area contributed by atoms with Gasteiger partial charge in [0.05, 0.1) is 35.3 Å². The molecule has 0 unspecified atom stereocenters. The second kappa shape index (κ2) is 15.2. The highest BCUT2D eigenvalue weighted by Gasteiger charge is 2.44. The molecule has 13 heteroatoms. The number of ether oxygens (including phenoxy) is 1. The maximum absolute atomic E-state index is 13.9. The molecular formula is C34H50N6O6S. The molecule has 2 aliphatic heterocycles. The number of hydrogen-bond donors (Lipinski definition) is 3. The number of aliphatic hydroxyl groups is 1. The number of β-amino-alcohol motifs (C(OH)–C–C–N with tert-alkyl or cyclic N) is 1. The number of rotatable bonds is 10. The van der Waals surface area contributed by atoms with Crippen LogP contribution in [0.25, 0.3) is 10.4 Å². The van der Waals surface area contributed by atoms with Crippen LogP contribution in [-0.2, 0) is 30.5 Å². The number of nitrogens with zero attached hydrogens (tertiary/aromatic N) is 4. The van der Waals surface area contributed by atoms with Crippen molar-refractivity contribution in [1.29, 1.82) is 0 Å². The zero-order chi connectivity index (χ0) is 34.5. The smallest absolute Gasteiger partial charge is 0.320 e. The number of aryl methyl sites for hydroxylation is 1. The number of aromatic nitrogens is 1. The molecule has 3 amide bonds. The van der Waals surface area contributed by atoms with Gasteiger partial charge < -0.3 is 25.4 Å². The van der Waals surface area contributed by atoms with Crippen LogP contribution in [0.1, 0.15) is 59.2 Å². The molecule has 0 radical (unpaired) electrons. The van der Waals surface area contributed by atoms with Crippen molar-refractivity contribution in [2.75, 3.05) is 45.8 Å². The quantitative estimate of drug-likeness (QED) is 0.324. The molecule has 1 aromatic carbocycles. The third-order valence-electron chi connectivity index (χ3n) is 8.32. The number of aliphatic hydroxyl groups excluding tert-OH is 1. The highest BCUT2D eigenvalue weighted by atomic mass is 32.1. The lowest BCUT2D eigenvalue weighted by molar-refractivity contribution is -0.156. The third-order valence-corrected chi connectivity index (χ3v) is 9.29. The first-order valence-corrected chi connectivity index (χ1v) is 17.1. The molecule has 0 aliphatic carbocycles. The van der Waals surface area contributed by atoms with Gasteiger partial charge in [0.25, 0.3) is 0 Å². The van der Waals surface area contributed by atoms with Crippen molar-refractivity contribution in [3.8, 4) is 10.4 Å². The van der Waals surface area contributed by atoms with E-state index in [1.807, 2.05) is 88.0 Å². The number of carbonyl (C=O) groups is 4. The Bertz CT molecular complexity index is 1410. The van der Waals surface area contributed by atoms with Crippen LogP contribution in [0.5, 0.6) is 0 Å². The summed E-state index contributed by atoms with van der Waals surface area (Å²) in [5.74, 6) is -1.31. The molecule has 2 saturated heterocycles. The molecule has 1 aromatic heterocycles. The van der Waals surface area contributed by atoms with Gasteiger partial charge in [0, 0.05) is 45.7 Å². The van der Waals surface area contributed by atoms with E-state index >= 15 is 0 Å². The second-order valence-electron chi connectivity index (χ2n) is 14.6. The van der Waals surface area contributed by atoms with Gasteiger partial charge in [0.2, 0.25) is 17.7 Å². The van der Waals surface area contributed by atoms with Crippen molar-refractivity contribution >= 4 is 35.0 Å². The Morgan fingerprint density at radius 3 is 2.17 bits per heavy atom. The van der Waals surface area contributed by atoms with E-state index in [4.69, 9.17) is 4.74 Å². The lowest BCUT2D eigenvalue weighted by Crippen LogP contribution is -2.59. The van der Waals surface area contributed by atoms with Crippen molar-refractivity contribution in [1.82, 2.24) is 30.3 Å². The minimum absolute atomic E-state index is 0.0157. The fraction of sp³-hybridized carbons (Fsp3) is 0.618. The van der Waals surface area contributed by atoms with Crippen molar-refractivity contribution in [2.45, 2.75) is 85.2 Å². The standard InChI is InChI=1S/C34H50N6O6S/c1-22-29(47-21-36-22)24-10-8-23(9-11-24)17-35-31(44)26-16-25(41)18-40(26)32(45)30(33(2,3)4)37-27(42)19-38-12-14-39(15-13-38)20-28(43)46-34(5,6)7/h8-11,21,25-26,30,41H,12-20H2,1-7H3,(H,35,44)(H,37,42)/t25-,26+,30-/m1/s1. The number of nitrogens with one attached hydrogen (secondary N) is 2. The number of likely N-dealkylation sites (tertiary alicyclic amines) is 1. The average Bonchev–Trinajstić information content (AvgIpc) is 3.59. The molecule has 3 heterocycles. The van der Waals surface area contributed by atoms with E-state index < -0.39 is 35.1 Å². The molecule has 47 heavy (non-hydrogen) atoms. The van der Waals surface area contributed by atoms with E-state index in [0.717, 1.165) is 21.7 Å².